The molecule has 0 radical (unpaired) electrons. The van der Waals surface area contributed by atoms with Crippen LogP contribution in [0.1, 0.15) is 30.2 Å². The molecule has 0 saturated carbocycles. The molecule has 3 heterocycles. The molecule has 0 bridgehead atoms. The Labute approximate surface area is 136 Å². The molecule has 1 fully saturated rings. The third-order valence-corrected chi connectivity index (χ3v) is 5.56. The minimum absolute atomic E-state index is 0.0874. The first-order valence-electron chi connectivity index (χ1n) is 8.15. The number of hydrogen-bond donors (Lipinski definition) is 2. The molecule has 0 unspecified atom stereocenters. The van der Waals surface area contributed by atoms with Gasteiger partial charge in [-0.05, 0) is 43.2 Å². The standard InChI is InChI=1S/C16H25N3O2S/c1-12(19-6-4-15-13(11-19)5-8-22-15)9-17-16(20)18-10-14-3-2-7-21-14/h5,8,12,14H,2-4,6-7,9-11H2,1H3,(H2,17,18,20)/t12-,14-/m0/s1. The lowest BCUT2D eigenvalue weighted by molar-refractivity contribution is 0.111. The van der Waals surface area contributed by atoms with Crippen molar-refractivity contribution < 1.29 is 9.53 Å². The Kier molecular flexibility index (Phi) is 5.33. The van der Waals surface area contributed by atoms with Crippen LogP contribution in [0.25, 0.3) is 0 Å². The summed E-state index contributed by atoms with van der Waals surface area (Å²) in [6.07, 6.45) is 3.47. The third-order valence-electron chi connectivity index (χ3n) is 4.53. The zero-order valence-corrected chi connectivity index (χ0v) is 14.0. The fourth-order valence-corrected chi connectivity index (χ4v) is 3.98. The van der Waals surface area contributed by atoms with Crippen molar-refractivity contribution in [1.29, 1.82) is 0 Å². The van der Waals surface area contributed by atoms with Crippen LogP contribution in [-0.2, 0) is 17.7 Å². The highest BCUT2D eigenvalue weighted by Crippen LogP contribution is 2.24. The predicted octanol–water partition coefficient (Wildman–Crippen LogP) is 1.97. The molecule has 0 aromatic carbocycles. The maximum atomic E-state index is 11.8. The first kappa shape index (κ1) is 15.8. The second kappa shape index (κ2) is 7.44. The summed E-state index contributed by atoms with van der Waals surface area (Å²) in [6.45, 7) is 6.37. The summed E-state index contributed by atoms with van der Waals surface area (Å²) in [5.41, 5.74) is 1.45. The number of thiophene rings is 1. The second-order valence-corrected chi connectivity index (χ2v) is 7.17. The monoisotopic (exact) mass is 323 g/mol. The van der Waals surface area contributed by atoms with Crippen LogP contribution in [0.15, 0.2) is 11.4 Å². The Morgan fingerprint density at radius 1 is 1.55 bits per heavy atom. The van der Waals surface area contributed by atoms with Crippen LogP contribution in [0.2, 0.25) is 0 Å². The molecule has 2 N–H and O–H groups in total. The van der Waals surface area contributed by atoms with E-state index in [4.69, 9.17) is 4.74 Å². The Hall–Kier alpha value is -1.11. The zero-order chi connectivity index (χ0) is 15.4. The number of nitrogens with zero attached hydrogens (tertiary/aromatic N) is 1. The van der Waals surface area contributed by atoms with E-state index in [1.54, 1.807) is 0 Å². The van der Waals surface area contributed by atoms with Gasteiger partial charge in [-0.25, -0.2) is 4.79 Å². The van der Waals surface area contributed by atoms with Gasteiger partial charge in [0.1, 0.15) is 0 Å². The smallest absolute Gasteiger partial charge is 0.314 e. The van der Waals surface area contributed by atoms with Crippen LogP contribution in [0.3, 0.4) is 0 Å². The first-order chi connectivity index (χ1) is 10.7. The number of rotatable bonds is 5. The molecule has 2 amide bonds. The quantitative estimate of drug-likeness (QED) is 0.871. The van der Waals surface area contributed by atoms with E-state index in [-0.39, 0.29) is 12.1 Å². The molecule has 0 aliphatic carbocycles. The van der Waals surface area contributed by atoms with Crippen molar-refractivity contribution in [3.05, 3.63) is 21.9 Å². The number of urea groups is 1. The van der Waals surface area contributed by atoms with Crippen LogP contribution in [0.4, 0.5) is 4.79 Å². The summed E-state index contributed by atoms with van der Waals surface area (Å²) in [6, 6.07) is 2.48. The molecule has 122 valence electrons. The molecule has 2 atom stereocenters. The van der Waals surface area contributed by atoms with Crippen LogP contribution in [0.5, 0.6) is 0 Å². The third kappa shape index (κ3) is 4.00. The van der Waals surface area contributed by atoms with Crippen molar-refractivity contribution >= 4 is 17.4 Å². The van der Waals surface area contributed by atoms with E-state index in [1.807, 2.05) is 11.3 Å². The van der Waals surface area contributed by atoms with Crippen molar-refractivity contribution in [2.24, 2.45) is 0 Å². The van der Waals surface area contributed by atoms with Gasteiger partial charge in [-0.3, -0.25) is 4.90 Å². The number of hydrogen-bond acceptors (Lipinski definition) is 4. The summed E-state index contributed by atoms with van der Waals surface area (Å²) < 4.78 is 5.50. The van der Waals surface area contributed by atoms with Crippen LogP contribution in [0, 0.1) is 0 Å². The van der Waals surface area contributed by atoms with Crippen LogP contribution in [-0.4, -0.2) is 49.3 Å². The second-order valence-electron chi connectivity index (χ2n) is 6.16. The summed E-state index contributed by atoms with van der Waals surface area (Å²) in [7, 11) is 0. The minimum atomic E-state index is -0.0874. The molecular formula is C16H25N3O2S. The fraction of sp³-hybridized carbons (Fsp3) is 0.688. The molecule has 5 nitrogen and oxygen atoms in total. The highest BCUT2D eigenvalue weighted by molar-refractivity contribution is 7.10. The number of carbonyl (C=O) groups excluding carboxylic acids is 1. The maximum Gasteiger partial charge on any atom is 0.314 e. The molecule has 1 aromatic heterocycles. The zero-order valence-electron chi connectivity index (χ0n) is 13.1. The van der Waals surface area contributed by atoms with E-state index in [9.17, 15) is 4.79 Å². The number of nitrogens with one attached hydrogen (secondary N) is 2. The maximum absolute atomic E-state index is 11.8. The summed E-state index contributed by atoms with van der Waals surface area (Å²) in [5.74, 6) is 0. The largest absolute Gasteiger partial charge is 0.376 e. The summed E-state index contributed by atoms with van der Waals surface area (Å²) >= 11 is 1.86. The Morgan fingerprint density at radius 3 is 3.27 bits per heavy atom. The van der Waals surface area contributed by atoms with E-state index in [0.29, 0.717) is 19.1 Å². The van der Waals surface area contributed by atoms with Crippen molar-refractivity contribution in [3.63, 3.8) is 0 Å². The lowest BCUT2D eigenvalue weighted by Crippen LogP contribution is -2.47. The van der Waals surface area contributed by atoms with E-state index in [2.05, 4.69) is 33.9 Å². The topological polar surface area (TPSA) is 53.6 Å². The van der Waals surface area contributed by atoms with Gasteiger partial charge in [0, 0.05) is 43.7 Å². The lowest BCUT2D eigenvalue weighted by Gasteiger charge is -2.32. The van der Waals surface area contributed by atoms with Crippen molar-refractivity contribution in [1.82, 2.24) is 15.5 Å². The molecule has 1 saturated heterocycles. The highest BCUT2D eigenvalue weighted by Gasteiger charge is 2.22. The average molecular weight is 323 g/mol. The Balaban J connectivity index is 1.37. The van der Waals surface area contributed by atoms with Crippen LogP contribution >= 0.6 is 11.3 Å². The molecule has 2 aliphatic heterocycles. The molecule has 6 heteroatoms. The Morgan fingerprint density at radius 2 is 2.45 bits per heavy atom. The van der Waals surface area contributed by atoms with E-state index < -0.39 is 0 Å². The van der Waals surface area contributed by atoms with Crippen molar-refractivity contribution in [2.75, 3.05) is 26.2 Å². The minimum Gasteiger partial charge on any atom is -0.376 e. The molecule has 0 spiro atoms. The predicted molar refractivity (Wildman–Crippen MR) is 88.3 cm³/mol. The number of carbonyl (C=O) groups is 1. The molecule has 2 aliphatic rings. The molecule has 22 heavy (non-hydrogen) atoms. The molecule has 1 aromatic rings. The van der Waals surface area contributed by atoms with Gasteiger partial charge < -0.3 is 15.4 Å². The number of fused-ring (bicyclic) bond motifs is 1. The summed E-state index contributed by atoms with van der Waals surface area (Å²) in [4.78, 5) is 15.8. The first-order valence-corrected chi connectivity index (χ1v) is 9.03. The lowest BCUT2D eigenvalue weighted by atomic mass is 10.1. The van der Waals surface area contributed by atoms with E-state index in [0.717, 1.165) is 39.0 Å². The number of ether oxygens (including phenoxy) is 1. The van der Waals surface area contributed by atoms with Gasteiger partial charge in [0.05, 0.1) is 6.10 Å². The van der Waals surface area contributed by atoms with E-state index in [1.165, 1.54) is 10.4 Å². The van der Waals surface area contributed by atoms with Crippen LogP contribution < -0.4 is 10.6 Å². The fourth-order valence-electron chi connectivity index (χ4n) is 3.09. The SMILES string of the molecule is C[C@@H](CNC(=O)NC[C@@H]1CCCO1)N1CCc2sccc2C1. The van der Waals surface area contributed by atoms with Gasteiger partial charge >= 0.3 is 6.03 Å². The van der Waals surface area contributed by atoms with Gasteiger partial charge in [0.2, 0.25) is 0 Å². The average Bonchev–Trinajstić information content (AvgIpc) is 3.20. The summed E-state index contributed by atoms with van der Waals surface area (Å²) in [5, 5.41) is 8.06. The Bertz CT molecular complexity index is 499. The van der Waals surface area contributed by atoms with Gasteiger partial charge in [-0.2, -0.15) is 0 Å². The van der Waals surface area contributed by atoms with Crippen molar-refractivity contribution in [3.8, 4) is 0 Å². The molecule has 3 rings (SSSR count). The normalized spacial score (nSPS) is 23.0. The van der Waals surface area contributed by atoms with Crippen molar-refractivity contribution in [2.45, 2.75) is 44.9 Å². The highest BCUT2D eigenvalue weighted by atomic mass is 32.1. The molecular weight excluding hydrogens is 298 g/mol. The van der Waals surface area contributed by atoms with Gasteiger partial charge in [0.25, 0.3) is 0 Å². The van der Waals surface area contributed by atoms with Gasteiger partial charge in [-0.1, -0.05) is 0 Å². The van der Waals surface area contributed by atoms with Gasteiger partial charge in [0.15, 0.2) is 0 Å². The van der Waals surface area contributed by atoms with E-state index >= 15 is 0 Å². The number of amides is 2. The van der Waals surface area contributed by atoms with Gasteiger partial charge in [-0.15, -0.1) is 11.3 Å².